The van der Waals surface area contributed by atoms with Gasteiger partial charge in [0.2, 0.25) is 0 Å². The Morgan fingerprint density at radius 2 is 1.10 bits per heavy atom. The molecule has 4 heteroatoms. The Hall–Kier alpha value is -2.03. The summed E-state index contributed by atoms with van der Waals surface area (Å²) in [7, 11) is 8.08. The molecule has 3 radical (unpaired) electrons. The summed E-state index contributed by atoms with van der Waals surface area (Å²) in [5, 5.41) is 5.40. The Labute approximate surface area is 248 Å². The molecule has 4 aromatic carbocycles. The number of hydrogen-bond acceptors (Lipinski definition) is 0. The molecule has 0 aromatic heterocycles. The van der Waals surface area contributed by atoms with Crippen LogP contribution in [0.25, 0.3) is 0 Å². The summed E-state index contributed by atoms with van der Waals surface area (Å²) in [6.07, 6.45) is 0.845. The van der Waals surface area contributed by atoms with Crippen LogP contribution in [0.1, 0.15) is 74.9 Å². The van der Waals surface area contributed by atoms with Crippen LogP contribution in [0.4, 0.5) is 0 Å². The summed E-state index contributed by atoms with van der Waals surface area (Å²) in [6, 6.07) is 31.2. The predicted octanol–water partition coefficient (Wildman–Crippen LogP) is 9.22. The maximum atomic E-state index is 7.64. The lowest BCUT2D eigenvalue weighted by Gasteiger charge is -2.38. The molecule has 0 saturated heterocycles. The largest absolute Gasteiger partial charge is 0.291 e. The second kappa shape index (κ2) is 12.1. The van der Waals surface area contributed by atoms with Crippen LogP contribution < -0.4 is 21.2 Å². The fourth-order valence-corrected chi connectivity index (χ4v) is 12.0. The first-order valence-corrected chi connectivity index (χ1v) is 18.7. The summed E-state index contributed by atoms with van der Waals surface area (Å²) in [6.45, 7) is 20.8. The van der Waals surface area contributed by atoms with Gasteiger partial charge in [-0.2, -0.15) is 7.14 Å². The summed E-state index contributed by atoms with van der Waals surface area (Å²) < 4.78 is 0. The molecule has 4 rings (SSSR count). The monoisotopic (exact) mass is 579 g/mol. The second-order valence-corrected chi connectivity index (χ2v) is 18.8. The van der Waals surface area contributed by atoms with Crippen molar-refractivity contribution in [1.29, 1.82) is 0 Å². The standard InChI is InChI=1S/C36H43BP3/c1-25-20-26(2)33(27(3)21-25)38-39-34-28(22-29(35(4,5)6)23-32(34)36(7,8)9)24-40(37,30-16-12-10-13-17-30)31-18-14-11-15-19-31/h10-23H,24H2,1-9H3. The highest BCUT2D eigenvalue weighted by Crippen LogP contribution is 2.55. The van der Waals surface area contributed by atoms with Gasteiger partial charge in [0.1, 0.15) is 0 Å². The molecule has 0 aliphatic heterocycles. The SMILES string of the molecule is [B-][P+](Cc1cc(C(C)(C)C)cc(C(C)(C)C)c1P=Pc1c(C)cc(C)cc1C)(c1ccccc1)c1ccccc1. The van der Waals surface area contributed by atoms with Gasteiger partial charge in [0.15, 0.2) is 0 Å². The lowest BCUT2D eigenvalue weighted by molar-refractivity contribution is 0.570. The molecule has 0 heterocycles. The minimum absolute atomic E-state index is 0.0143. The van der Waals surface area contributed by atoms with Gasteiger partial charge in [0.05, 0.1) is 0 Å². The average molecular weight is 579 g/mol. The van der Waals surface area contributed by atoms with Gasteiger partial charge in [-0.25, -0.2) is 0 Å². The molecule has 0 bridgehead atoms. The third-order valence-electron chi connectivity index (χ3n) is 7.60. The highest BCUT2D eigenvalue weighted by atomic mass is 31.7. The van der Waals surface area contributed by atoms with Crippen molar-refractivity contribution in [2.24, 2.45) is 0 Å². The van der Waals surface area contributed by atoms with Crippen molar-refractivity contribution < 1.29 is 0 Å². The van der Waals surface area contributed by atoms with Gasteiger partial charge in [0, 0.05) is 27.4 Å². The average Bonchev–Trinajstić information content (AvgIpc) is 2.88. The maximum Gasteiger partial charge on any atom is 0.0470 e. The molecule has 0 amide bonds. The summed E-state index contributed by atoms with van der Waals surface area (Å²) in [5.74, 6) is 0. The smallest absolute Gasteiger partial charge is 0.0470 e. The molecule has 0 N–H and O–H groups in total. The van der Waals surface area contributed by atoms with E-state index in [-0.39, 0.29) is 10.8 Å². The zero-order valence-electron chi connectivity index (χ0n) is 25.7. The minimum Gasteiger partial charge on any atom is -0.291 e. The number of rotatable bonds is 6. The molecular weight excluding hydrogens is 536 g/mol. The number of benzene rings is 4. The van der Waals surface area contributed by atoms with Crippen molar-refractivity contribution in [3.63, 3.8) is 0 Å². The molecule has 0 nitrogen and oxygen atoms in total. The summed E-state index contributed by atoms with van der Waals surface area (Å²) in [5.41, 5.74) is 8.38. The first-order chi connectivity index (χ1) is 18.7. The highest BCUT2D eigenvalue weighted by molar-refractivity contribution is 8.08. The molecule has 0 aliphatic rings. The first kappa shape index (κ1) is 30.9. The third kappa shape index (κ3) is 6.88. The van der Waals surface area contributed by atoms with Crippen LogP contribution in [-0.4, -0.2) is 7.57 Å². The third-order valence-corrected chi connectivity index (χ3v) is 14.1. The lowest BCUT2D eigenvalue weighted by atomic mass is 9.79. The van der Waals surface area contributed by atoms with Gasteiger partial charge >= 0.3 is 0 Å². The Morgan fingerprint density at radius 1 is 0.625 bits per heavy atom. The van der Waals surface area contributed by atoms with Gasteiger partial charge in [-0.1, -0.05) is 108 Å². The molecule has 0 spiro atoms. The molecule has 0 fully saturated rings. The summed E-state index contributed by atoms with van der Waals surface area (Å²) in [4.78, 5) is 0. The van der Waals surface area contributed by atoms with E-state index in [2.05, 4.69) is 147 Å². The van der Waals surface area contributed by atoms with E-state index in [9.17, 15) is 0 Å². The van der Waals surface area contributed by atoms with Crippen molar-refractivity contribution in [3.8, 4) is 0 Å². The lowest BCUT2D eigenvalue weighted by Crippen LogP contribution is -2.29. The molecule has 0 atom stereocenters. The fraction of sp³-hybridized carbons (Fsp3) is 0.333. The molecule has 0 saturated carbocycles. The molecule has 205 valence electrons. The van der Waals surface area contributed by atoms with Crippen molar-refractivity contribution in [1.82, 2.24) is 0 Å². The highest BCUT2D eigenvalue weighted by Gasteiger charge is 2.30. The first-order valence-electron chi connectivity index (χ1n) is 14.2. The van der Waals surface area contributed by atoms with E-state index in [1.54, 1.807) is 0 Å². The molecular formula is C36H43BP3. The van der Waals surface area contributed by atoms with E-state index in [1.807, 2.05) is 0 Å². The van der Waals surface area contributed by atoms with E-state index in [4.69, 9.17) is 7.57 Å². The van der Waals surface area contributed by atoms with Crippen molar-refractivity contribution >= 4 is 51.7 Å². The van der Waals surface area contributed by atoms with Gasteiger partial charge in [-0.15, -0.1) is 0 Å². The Balaban J connectivity index is 2.01. The quantitative estimate of drug-likeness (QED) is 0.158. The maximum absolute atomic E-state index is 7.64. The zero-order valence-corrected chi connectivity index (χ0v) is 28.4. The van der Waals surface area contributed by atoms with Crippen LogP contribution in [0.2, 0.25) is 0 Å². The van der Waals surface area contributed by atoms with Crippen molar-refractivity contribution in [3.05, 3.63) is 118 Å². The van der Waals surface area contributed by atoms with Crippen LogP contribution in [0.3, 0.4) is 0 Å². The van der Waals surface area contributed by atoms with Crippen molar-refractivity contribution in [2.45, 2.75) is 79.3 Å². The molecule has 0 aliphatic carbocycles. The minimum atomic E-state index is -2.20. The molecule has 0 unspecified atom stereocenters. The van der Waals surface area contributed by atoms with E-state index in [0.717, 1.165) is 6.16 Å². The van der Waals surface area contributed by atoms with Gasteiger partial charge in [0.25, 0.3) is 0 Å². The van der Waals surface area contributed by atoms with E-state index >= 15 is 0 Å². The molecule has 40 heavy (non-hydrogen) atoms. The number of hydrogen-bond donors (Lipinski definition) is 0. The van der Waals surface area contributed by atoms with E-state index < -0.39 is 7.14 Å². The van der Waals surface area contributed by atoms with Crippen LogP contribution in [0.5, 0.6) is 0 Å². The van der Waals surface area contributed by atoms with Gasteiger partial charge < -0.3 is 0 Å². The molecule has 4 aromatic rings. The normalized spacial score (nSPS) is 12.8. The number of aryl methyl sites for hydroxylation is 3. The van der Waals surface area contributed by atoms with Gasteiger partial charge in [-0.3, -0.25) is 7.57 Å². The fourth-order valence-electron chi connectivity index (χ4n) is 5.36. The van der Waals surface area contributed by atoms with E-state index in [1.165, 1.54) is 70.3 Å². The topological polar surface area (TPSA) is 0 Å². The van der Waals surface area contributed by atoms with Crippen LogP contribution in [-0.2, 0) is 17.0 Å². The second-order valence-electron chi connectivity index (χ2n) is 13.2. The Morgan fingerprint density at radius 3 is 1.55 bits per heavy atom. The van der Waals surface area contributed by atoms with Gasteiger partial charge in [-0.05, 0) is 99.4 Å². The van der Waals surface area contributed by atoms with Crippen LogP contribution >= 0.6 is 22.9 Å². The summed E-state index contributed by atoms with van der Waals surface area (Å²) >= 11 is 0. The Bertz CT molecular complexity index is 1450. The van der Waals surface area contributed by atoms with Crippen LogP contribution in [0, 0.1) is 20.8 Å². The van der Waals surface area contributed by atoms with Crippen molar-refractivity contribution in [2.75, 3.05) is 0 Å². The predicted molar refractivity (Wildman–Crippen MR) is 186 cm³/mol. The van der Waals surface area contributed by atoms with Crippen LogP contribution in [0.15, 0.2) is 84.9 Å². The Kier molecular flexibility index (Phi) is 9.33. The zero-order chi connectivity index (χ0) is 29.3. The van der Waals surface area contributed by atoms with E-state index in [0.29, 0.717) is 0 Å².